The first-order valence-electron chi connectivity index (χ1n) is 6.84. The molecule has 0 saturated carbocycles. The summed E-state index contributed by atoms with van der Waals surface area (Å²) in [5, 5.41) is 3.69. The molecule has 0 aliphatic rings. The van der Waals surface area contributed by atoms with Crippen LogP contribution in [-0.4, -0.2) is 20.1 Å². The number of unbranched alkanes of at least 4 members (excludes halogenated alkanes) is 1. The Kier molecular flexibility index (Phi) is 6.00. The lowest BCUT2D eigenvalue weighted by Crippen LogP contribution is -2.30. The van der Waals surface area contributed by atoms with Crippen LogP contribution in [0.25, 0.3) is 0 Å². The van der Waals surface area contributed by atoms with Gasteiger partial charge in [-0.25, -0.2) is 13.1 Å². The number of rotatable bonds is 8. The van der Waals surface area contributed by atoms with E-state index in [2.05, 4.69) is 23.7 Å². The maximum Gasteiger partial charge on any atom is 0.245 e. The summed E-state index contributed by atoms with van der Waals surface area (Å²) in [4.78, 5) is 0.179. The lowest BCUT2D eigenvalue weighted by atomic mass is 10.00. The molecule has 0 aliphatic heterocycles. The van der Waals surface area contributed by atoms with E-state index in [-0.39, 0.29) is 4.90 Å². The first-order chi connectivity index (χ1) is 8.92. The van der Waals surface area contributed by atoms with Crippen molar-refractivity contribution in [1.29, 1.82) is 0 Å². The second kappa shape index (κ2) is 7.05. The molecule has 0 aromatic carbocycles. The summed E-state index contributed by atoms with van der Waals surface area (Å²) in [7, 11) is -3.51. The number of hydrogen-bond donors (Lipinski definition) is 1. The molecule has 1 rings (SSSR count). The van der Waals surface area contributed by atoms with Crippen molar-refractivity contribution in [3.8, 4) is 0 Å². The molecule has 0 radical (unpaired) electrons. The molecule has 19 heavy (non-hydrogen) atoms. The van der Waals surface area contributed by atoms with Crippen LogP contribution in [0.1, 0.15) is 51.0 Å². The van der Waals surface area contributed by atoms with Gasteiger partial charge in [-0.2, -0.15) is 0 Å². The van der Waals surface area contributed by atoms with E-state index in [0.29, 0.717) is 23.9 Å². The van der Waals surface area contributed by atoms with Gasteiger partial charge >= 0.3 is 0 Å². The van der Waals surface area contributed by atoms with Crippen LogP contribution in [0.4, 0.5) is 0 Å². The van der Waals surface area contributed by atoms with Gasteiger partial charge < -0.3 is 4.52 Å². The van der Waals surface area contributed by atoms with Crippen molar-refractivity contribution < 1.29 is 12.9 Å². The Bertz CT molecular complexity index is 474. The van der Waals surface area contributed by atoms with E-state index < -0.39 is 10.0 Å². The highest BCUT2D eigenvalue weighted by atomic mass is 32.2. The molecular weight excluding hydrogens is 264 g/mol. The van der Waals surface area contributed by atoms with Crippen molar-refractivity contribution in [2.24, 2.45) is 5.92 Å². The van der Waals surface area contributed by atoms with Crippen LogP contribution in [0.3, 0.4) is 0 Å². The zero-order valence-electron chi connectivity index (χ0n) is 12.2. The Labute approximate surface area is 115 Å². The van der Waals surface area contributed by atoms with E-state index in [4.69, 9.17) is 4.52 Å². The van der Waals surface area contributed by atoms with Gasteiger partial charge in [-0.15, -0.1) is 0 Å². The van der Waals surface area contributed by atoms with Gasteiger partial charge in [0.1, 0.15) is 10.6 Å². The predicted molar refractivity (Wildman–Crippen MR) is 74.5 cm³/mol. The summed E-state index contributed by atoms with van der Waals surface area (Å²) in [6, 6.07) is 0. The van der Waals surface area contributed by atoms with Gasteiger partial charge in [-0.3, -0.25) is 0 Å². The quantitative estimate of drug-likeness (QED) is 0.798. The number of nitrogens with one attached hydrogen (secondary N) is 1. The van der Waals surface area contributed by atoms with E-state index in [1.807, 2.05) is 0 Å². The maximum atomic E-state index is 12.2. The first-order valence-corrected chi connectivity index (χ1v) is 8.33. The van der Waals surface area contributed by atoms with Crippen LogP contribution < -0.4 is 4.72 Å². The Hall–Kier alpha value is -0.880. The fourth-order valence-electron chi connectivity index (χ4n) is 2.10. The molecule has 0 unspecified atom stereocenters. The Morgan fingerprint density at radius 3 is 2.47 bits per heavy atom. The maximum absolute atomic E-state index is 12.2. The molecule has 1 aromatic heterocycles. The van der Waals surface area contributed by atoms with Crippen molar-refractivity contribution >= 4 is 10.0 Å². The first kappa shape index (κ1) is 16.2. The third-order valence-corrected chi connectivity index (χ3v) is 5.01. The van der Waals surface area contributed by atoms with E-state index in [0.717, 1.165) is 25.7 Å². The molecule has 0 fully saturated rings. The van der Waals surface area contributed by atoms with Crippen molar-refractivity contribution in [3.05, 3.63) is 11.5 Å². The van der Waals surface area contributed by atoms with Gasteiger partial charge in [-0.1, -0.05) is 38.3 Å². The molecule has 5 nitrogen and oxygen atoms in total. The van der Waals surface area contributed by atoms with Crippen LogP contribution in [0.5, 0.6) is 0 Å². The summed E-state index contributed by atoms with van der Waals surface area (Å²) >= 11 is 0. The monoisotopic (exact) mass is 288 g/mol. The van der Waals surface area contributed by atoms with Crippen LogP contribution >= 0.6 is 0 Å². The summed E-state index contributed by atoms with van der Waals surface area (Å²) in [5.74, 6) is 0.724. The largest absolute Gasteiger partial charge is 0.360 e. The average Bonchev–Trinajstić information content (AvgIpc) is 2.70. The molecule has 0 spiro atoms. The summed E-state index contributed by atoms with van der Waals surface area (Å²) < 4.78 is 32.0. The minimum Gasteiger partial charge on any atom is -0.360 e. The molecule has 6 heteroatoms. The molecule has 0 saturated heterocycles. The highest BCUT2D eigenvalue weighted by Crippen LogP contribution is 2.19. The zero-order chi connectivity index (χ0) is 14.5. The van der Waals surface area contributed by atoms with E-state index in [1.165, 1.54) is 0 Å². The smallest absolute Gasteiger partial charge is 0.245 e. The van der Waals surface area contributed by atoms with Crippen molar-refractivity contribution in [2.75, 3.05) is 6.54 Å². The van der Waals surface area contributed by atoms with Gasteiger partial charge in [0.05, 0.1) is 0 Å². The minimum atomic E-state index is -3.51. The molecule has 1 atom stereocenters. The Balaban J connectivity index is 2.70. The number of sulfonamides is 1. The zero-order valence-corrected chi connectivity index (χ0v) is 13.0. The van der Waals surface area contributed by atoms with Crippen LogP contribution in [0.2, 0.25) is 0 Å². The average molecular weight is 288 g/mol. The SMILES string of the molecule is CCCC[C@@H](CC)CNS(=O)(=O)c1c(C)noc1C. The van der Waals surface area contributed by atoms with Crippen molar-refractivity contribution in [3.63, 3.8) is 0 Å². The molecule has 1 heterocycles. The molecule has 1 N–H and O–H groups in total. The molecular formula is C13H24N2O3S. The van der Waals surface area contributed by atoms with Crippen molar-refractivity contribution in [2.45, 2.75) is 58.3 Å². The Morgan fingerprint density at radius 2 is 2.00 bits per heavy atom. The van der Waals surface area contributed by atoms with E-state index >= 15 is 0 Å². The standard InChI is InChI=1S/C13H24N2O3S/c1-5-7-8-12(6-2)9-14-19(16,17)13-10(3)15-18-11(13)4/h12,14H,5-9H2,1-4H3/t12-/m1/s1. The van der Waals surface area contributed by atoms with Crippen LogP contribution in [0, 0.1) is 19.8 Å². The summed E-state index contributed by atoms with van der Waals surface area (Å²) in [6.07, 6.45) is 4.29. The topological polar surface area (TPSA) is 72.2 Å². The highest BCUT2D eigenvalue weighted by Gasteiger charge is 2.24. The molecule has 1 aromatic rings. The van der Waals surface area contributed by atoms with Gasteiger partial charge in [0.2, 0.25) is 10.0 Å². The van der Waals surface area contributed by atoms with E-state index in [1.54, 1.807) is 13.8 Å². The van der Waals surface area contributed by atoms with Gasteiger partial charge in [0.25, 0.3) is 0 Å². The third-order valence-electron chi connectivity index (χ3n) is 3.34. The van der Waals surface area contributed by atoms with Crippen LogP contribution in [-0.2, 0) is 10.0 Å². The van der Waals surface area contributed by atoms with Crippen molar-refractivity contribution in [1.82, 2.24) is 9.88 Å². The van der Waals surface area contributed by atoms with Crippen LogP contribution in [0.15, 0.2) is 9.42 Å². The second-order valence-corrected chi connectivity index (χ2v) is 6.63. The fraction of sp³-hybridized carbons (Fsp3) is 0.769. The fourth-order valence-corrected chi connectivity index (χ4v) is 3.54. The number of aromatic nitrogens is 1. The molecule has 0 bridgehead atoms. The minimum absolute atomic E-state index is 0.179. The summed E-state index contributed by atoms with van der Waals surface area (Å²) in [6.45, 7) is 7.95. The highest BCUT2D eigenvalue weighted by molar-refractivity contribution is 7.89. The van der Waals surface area contributed by atoms with Gasteiger partial charge in [0, 0.05) is 6.54 Å². The lowest BCUT2D eigenvalue weighted by Gasteiger charge is -2.15. The van der Waals surface area contributed by atoms with Gasteiger partial charge in [-0.05, 0) is 26.2 Å². The Morgan fingerprint density at radius 1 is 1.32 bits per heavy atom. The number of hydrogen-bond acceptors (Lipinski definition) is 4. The molecule has 0 aliphatic carbocycles. The molecule has 110 valence electrons. The number of nitrogens with zero attached hydrogens (tertiary/aromatic N) is 1. The number of aryl methyl sites for hydroxylation is 2. The normalized spacial score (nSPS) is 13.7. The lowest BCUT2D eigenvalue weighted by molar-refractivity contribution is 0.390. The van der Waals surface area contributed by atoms with Gasteiger partial charge in [0.15, 0.2) is 5.76 Å². The predicted octanol–water partition coefficient (Wildman–Crippen LogP) is 2.79. The van der Waals surface area contributed by atoms with E-state index in [9.17, 15) is 8.42 Å². The molecule has 0 amide bonds. The summed E-state index contributed by atoms with van der Waals surface area (Å²) in [5.41, 5.74) is 0.409. The second-order valence-electron chi connectivity index (χ2n) is 4.92. The third kappa shape index (κ3) is 4.31.